The van der Waals surface area contributed by atoms with Crippen LogP contribution in [0.15, 0.2) is 24.3 Å². The molecule has 3 nitrogen and oxygen atoms in total. The van der Waals surface area contributed by atoms with Crippen LogP contribution in [0.25, 0.3) is 0 Å². The molecule has 0 unspecified atom stereocenters. The molecule has 88 valence electrons. The molecule has 1 amide bonds. The highest BCUT2D eigenvalue weighted by molar-refractivity contribution is 5.81. The number of hydrogen-bond acceptors (Lipinski definition) is 2. The molecule has 0 radical (unpaired) electrons. The lowest BCUT2D eigenvalue weighted by Crippen LogP contribution is -2.36. The predicted molar refractivity (Wildman–Crippen MR) is 64.1 cm³/mol. The van der Waals surface area contributed by atoms with E-state index in [0.29, 0.717) is 0 Å². The average molecular weight is 221 g/mol. The maximum absolute atomic E-state index is 11.8. The molecule has 0 bridgehead atoms. The zero-order chi connectivity index (χ0) is 12.3. The molecule has 0 fully saturated rings. The number of carbonyl (C=O) groups is 1. The smallest absolute Gasteiger partial charge is 0.225 e. The highest BCUT2D eigenvalue weighted by Gasteiger charge is 2.22. The third-order valence-electron chi connectivity index (χ3n) is 2.42. The SMILES string of the molecule is C[C@@H](NC(=O)C(C)(C)C)c1ccc(O)cc1. The van der Waals surface area contributed by atoms with Crippen LogP contribution in [0.2, 0.25) is 0 Å². The minimum Gasteiger partial charge on any atom is -0.508 e. The Hall–Kier alpha value is -1.51. The Labute approximate surface area is 96.5 Å². The monoisotopic (exact) mass is 221 g/mol. The van der Waals surface area contributed by atoms with Gasteiger partial charge in [-0.05, 0) is 24.6 Å². The fourth-order valence-corrected chi connectivity index (χ4v) is 1.26. The van der Waals surface area contributed by atoms with Crippen molar-refractivity contribution >= 4 is 5.91 Å². The second-order valence-electron chi connectivity index (χ2n) is 5.04. The maximum Gasteiger partial charge on any atom is 0.225 e. The standard InChI is InChI=1S/C13H19NO2/c1-9(14-12(16)13(2,3)4)10-5-7-11(15)8-6-10/h5-9,15H,1-4H3,(H,14,16)/t9-/m1/s1. The van der Waals surface area contributed by atoms with Crippen LogP contribution < -0.4 is 5.32 Å². The highest BCUT2D eigenvalue weighted by atomic mass is 16.3. The van der Waals surface area contributed by atoms with Gasteiger partial charge in [-0.2, -0.15) is 0 Å². The molecule has 0 saturated heterocycles. The average Bonchev–Trinajstić information content (AvgIpc) is 2.17. The Kier molecular flexibility index (Phi) is 3.58. The zero-order valence-corrected chi connectivity index (χ0v) is 10.2. The van der Waals surface area contributed by atoms with E-state index in [-0.39, 0.29) is 23.1 Å². The van der Waals surface area contributed by atoms with E-state index in [1.807, 2.05) is 39.8 Å². The van der Waals surface area contributed by atoms with Crippen LogP contribution >= 0.6 is 0 Å². The summed E-state index contributed by atoms with van der Waals surface area (Å²) in [5, 5.41) is 12.1. The van der Waals surface area contributed by atoms with Gasteiger partial charge in [-0.1, -0.05) is 32.9 Å². The van der Waals surface area contributed by atoms with Gasteiger partial charge in [0.05, 0.1) is 6.04 Å². The Morgan fingerprint density at radius 2 is 1.75 bits per heavy atom. The van der Waals surface area contributed by atoms with Crippen molar-refractivity contribution in [3.63, 3.8) is 0 Å². The van der Waals surface area contributed by atoms with Gasteiger partial charge in [0.2, 0.25) is 5.91 Å². The van der Waals surface area contributed by atoms with E-state index in [1.165, 1.54) is 0 Å². The number of rotatable bonds is 2. The molecule has 16 heavy (non-hydrogen) atoms. The minimum absolute atomic E-state index is 0.0214. The van der Waals surface area contributed by atoms with Crippen molar-refractivity contribution in [2.75, 3.05) is 0 Å². The van der Waals surface area contributed by atoms with Crippen molar-refractivity contribution < 1.29 is 9.90 Å². The quantitative estimate of drug-likeness (QED) is 0.806. The summed E-state index contributed by atoms with van der Waals surface area (Å²) in [6.07, 6.45) is 0. The van der Waals surface area contributed by atoms with Crippen molar-refractivity contribution in [1.29, 1.82) is 0 Å². The third kappa shape index (κ3) is 3.26. The molecule has 0 aliphatic heterocycles. The number of benzene rings is 1. The molecule has 2 N–H and O–H groups in total. The molecular formula is C13H19NO2. The Bertz CT molecular complexity index is 363. The Balaban J connectivity index is 2.69. The van der Waals surface area contributed by atoms with Crippen molar-refractivity contribution in [2.45, 2.75) is 33.7 Å². The number of amides is 1. The van der Waals surface area contributed by atoms with E-state index in [9.17, 15) is 4.79 Å². The van der Waals surface area contributed by atoms with Crippen LogP contribution in [0, 0.1) is 5.41 Å². The van der Waals surface area contributed by atoms with Crippen LogP contribution in [0.1, 0.15) is 39.3 Å². The second-order valence-corrected chi connectivity index (χ2v) is 5.04. The van der Waals surface area contributed by atoms with E-state index in [1.54, 1.807) is 12.1 Å². The summed E-state index contributed by atoms with van der Waals surface area (Å²) in [5.41, 5.74) is 0.598. The summed E-state index contributed by atoms with van der Waals surface area (Å²) in [5.74, 6) is 0.256. The first-order valence-corrected chi connectivity index (χ1v) is 5.40. The Morgan fingerprint density at radius 3 is 2.19 bits per heavy atom. The molecule has 1 atom stereocenters. The molecule has 0 aliphatic carbocycles. The molecular weight excluding hydrogens is 202 g/mol. The predicted octanol–water partition coefficient (Wildman–Crippen LogP) is 2.62. The fourth-order valence-electron chi connectivity index (χ4n) is 1.26. The largest absolute Gasteiger partial charge is 0.508 e. The van der Waals surface area contributed by atoms with Gasteiger partial charge >= 0.3 is 0 Å². The topological polar surface area (TPSA) is 49.3 Å². The van der Waals surface area contributed by atoms with Crippen molar-refractivity contribution in [3.05, 3.63) is 29.8 Å². The summed E-state index contributed by atoms with van der Waals surface area (Å²) >= 11 is 0. The van der Waals surface area contributed by atoms with Gasteiger partial charge in [0.25, 0.3) is 0 Å². The van der Waals surface area contributed by atoms with E-state index in [2.05, 4.69) is 5.32 Å². The first kappa shape index (κ1) is 12.6. The lowest BCUT2D eigenvalue weighted by Gasteiger charge is -2.22. The molecule has 0 spiro atoms. The van der Waals surface area contributed by atoms with Crippen LogP contribution in [0.3, 0.4) is 0 Å². The fraction of sp³-hybridized carbons (Fsp3) is 0.462. The molecule has 1 rings (SSSR count). The number of aromatic hydroxyl groups is 1. The molecule has 0 heterocycles. The first-order chi connectivity index (χ1) is 7.30. The van der Waals surface area contributed by atoms with E-state index in [4.69, 9.17) is 5.11 Å². The van der Waals surface area contributed by atoms with Crippen molar-refractivity contribution in [1.82, 2.24) is 5.32 Å². The van der Waals surface area contributed by atoms with Gasteiger partial charge < -0.3 is 10.4 Å². The molecule has 1 aromatic rings. The van der Waals surface area contributed by atoms with Gasteiger partial charge in [-0.15, -0.1) is 0 Å². The summed E-state index contributed by atoms with van der Waals surface area (Å²) < 4.78 is 0. The third-order valence-corrected chi connectivity index (χ3v) is 2.42. The van der Waals surface area contributed by atoms with Gasteiger partial charge in [0.1, 0.15) is 5.75 Å². The first-order valence-electron chi connectivity index (χ1n) is 5.40. The summed E-state index contributed by atoms with van der Waals surface area (Å²) in [7, 11) is 0. The van der Waals surface area contributed by atoms with E-state index in [0.717, 1.165) is 5.56 Å². The number of carbonyl (C=O) groups excluding carboxylic acids is 1. The summed E-state index contributed by atoms with van der Waals surface area (Å²) in [6.45, 7) is 7.57. The molecule has 0 aromatic heterocycles. The molecule has 0 saturated carbocycles. The number of phenolic OH excluding ortho intramolecular Hbond substituents is 1. The number of phenols is 1. The normalized spacial score (nSPS) is 13.2. The lowest BCUT2D eigenvalue weighted by atomic mass is 9.94. The summed E-state index contributed by atoms with van der Waals surface area (Å²) in [6, 6.07) is 6.81. The van der Waals surface area contributed by atoms with E-state index < -0.39 is 0 Å². The number of nitrogens with one attached hydrogen (secondary N) is 1. The van der Waals surface area contributed by atoms with Gasteiger partial charge in [0, 0.05) is 5.41 Å². The number of hydrogen-bond donors (Lipinski definition) is 2. The zero-order valence-electron chi connectivity index (χ0n) is 10.2. The molecule has 1 aromatic carbocycles. The Morgan fingerprint density at radius 1 is 1.25 bits per heavy atom. The summed E-state index contributed by atoms with van der Waals surface area (Å²) in [4.78, 5) is 11.8. The lowest BCUT2D eigenvalue weighted by molar-refractivity contribution is -0.129. The van der Waals surface area contributed by atoms with Crippen LogP contribution in [-0.4, -0.2) is 11.0 Å². The maximum atomic E-state index is 11.8. The van der Waals surface area contributed by atoms with Gasteiger partial charge in [0.15, 0.2) is 0 Å². The van der Waals surface area contributed by atoms with Gasteiger partial charge in [-0.25, -0.2) is 0 Å². The molecule has 0 aliphatic rings. The minimum atomic E-state index is -0.384. The van der Waals surface area contributed by atoms with Crippen LogP contribution in [0.5, 0.6) is 5.75 Å². The molecule has 3 heteroatoms. The van der Waals surface area contributed by atoms with Crippen LogP contribution in [-0.2, 0) is 4.79 Å². The van der Waals surface area contributed by atoms with Crippen molar-refractivity contribution in [2.24, 2.45) is 5.41 Å². The van der Waals surface area contributed by atoms with Gasteiger partial charge in [-0.3, -0.25) is 4.79 Å². The van der Waals surface area contributed by atoms with Crippen LogP contribution in [0.4, 0.5) is 0 Å². The van der Waals surface area contributed by atoms with E-state index >= 15 is 0 Å². The van der Waals surface area contributed by atoms with Crippen molar-refractivity contribution in [3.8, 4) is 5.75 Å². The highest BCUT2D eigenvalue weighted by Crippen LogP contribution is 2.19. The second kappa shape index (κ2) is 4.56.